The van der Waals surface area contributed by atoms with E-state index in [1.54, 1.807) is 16.9 Å². The van der Waals surface area contributed by atoms with Crippen molar-refractivity contribution in [1.82, 2.24) is 14.8 Å². The van der Waals surface area contributed by atoms with Crippen molar-refractivity contribution in [2.24, 2.45) is 0 Å². The number of carbonyl (C=O) groups excluding carboxylic acids is 1. The predicted octanol–water partition coefficient (Wildman–Crippen LogP) is 2.70. The van der Waals surface area contributed by atoms with Crippen LogP contribution in [0.25, 0.3) is 0 Å². The second-order valence-electron chi connectivity index (χ2n) is 5.08. The van der Waals surface area contributed by atoms with E-state index in [4.69, 9.17) is 4.42 Å². The normalized spacial score (nSPS) is 10.7. The first-order valence-electron chi connectivity index (χ1n) is 7.29. The number of nitro benzene ring substituents is 1. The molecule has 0 spiro atoms. The predicted molar refractivity (Wildman–Crippen MR) is 90.2 cm³/mol. The van der Waals surface area contributed by atoms with Crippen molar-refractivity contribution in [2.75, 3.05) is 11.1 Å². The van der Waals surface area contributed by atoms with Gasteiger partial charge in [-0.15, -0.1) is 10.2 Å². The van der Waals surface area contributed by atoms with E-state index >= 15 is 0 Å². The number of thioether (sulfide) groups is 1. The molecule has 3 rings (SSSR count). The van der Waals surface area contributed by atoms with Gasteiger partial charge >= 0.3 is 5.69 Å². The third kappa shape index (κ3) is 4.25. The number of anilines is 1. The summed E-state index contributed by atoms with van der Waals surface area (Å²) in [5, 5.41) is 21.5. The van der Waals surface area contributed by atoms with Gasteiger partial charge in [0.15, 0.2) is 5.16 Å². The lowest BCUT2D eigenvalue weighted by molar-refractivity contribution is -0.387. The van der Waals surface area contributed by atoms with E-state index in [2.05, 4.69) is 15.5 Å². The van der Waals surface area contributed by atoms with Crippen LogP contribution in [0.5, 0.6) is 0 Å². The molecule has 11 heteroatoms. The van der Waals surface area contributed by atoms with Gasteiger partial charge in [0, 0.05) is 11.8 Å². The maximum absolute atomic E-state index is 13.3. The van der Waals surface area contributed by atoms with E-state index in [1.165, 1.54) is 12.4 Å². The molecule has 134 valence electrons. The van der Waals surface area contributed by atoms with Crippen molar-refractivity contribution >= 4 is 29.0 Å². The summed E-state index contributed by atoms with van der Waals surface area (Å²) in [6.07, 6.45) is 3.08. The third-order valence-electron chi connectivity index (χ3n) is 3.25. The molecule has 2 heterocycles. The number of carbonyl (C=O) groups is 1. The standard InChI is InChI=1S/C15H12FN5O4S/c16-12-4-3-10(6-13(12)21(23)24)18-14(22)8-26-15-19-17-9-20(15)7-11-2-1-5-25-11/h1-6,9H,7-8H2,(H,18,22). The molecule has 0 atom stereocenters. The van der Waals surface area contributed by atoms with Gasteiger partial charge in [0.25, 0.3) is 0 Å². The first kappa shape index (κ1) is 17.6. The highest BCUT2D eigenvalue weighted by atomic mass is 32.2. The summed E-state index contributed by atoms with van der Waals surface area (Å²) in [6.45, 7) is 0.425. The maximum atomic E-state index is 13.3. The first-order chi connectivity index (χ1) is 12.5. The van der Waals surface area contributed by atoms with E-state index in [0.29, 0.717) is 11.7 Å². The Morgan fingerprint density at radius 3 is 3.00 bits per heavy atom. The Labute approximate surface area is 150 Å². The lowest BCUT2D eigenvalue weighted by atomic mass is 10.2. The molecule has 3 aromatic rings. The smallest absolute Gasteiger partial charge is 0.306 e. The highest BCUT2D eigenvalue weighted by molar-refractivity contribution is 7.99. The molecule has 0 fully saturated rings. The number of benzene rings is 1. The van der Waals surface area contributed by atoms with Crippen LogP contribution in [-0.2, 0) is 11.3 Å². The highest BCUT2D eigenvalue weighted by Gasteiger charge is 2.16. The van der Waals surface area contributed by atoms with Crippen molar-refractivity contribution in [3.8, 4) is 0 Å². The maximum Gasteiger partial charge on any atom is 0.306 e. The second kappa shape index (κ2) is 7.78. The minimum absolute atomic E-state index is 0.00201. The SMILES string of the molecule is O=C(CSc1nncn1Cc1ccco1)Nc1ccc(F)c([N+](=O)[O-])c1. The fraction of sp³-hybridized carbons (Fsp3) is 0.133. The topological polar surface area (TPSA) is 116 Å². The molecule has 0 saturated heterocycles. The van der Waals surface area contributed by atoms with Gasteiger partial charge in [-0.2, -0.15) is 4.39 Å². The van der Waals surface area contributed by atoms with Crippen molar-refractivity contribution in [1.29, 1.82) is 0 Å². The molecular formula is C15H12FN5O4S. The zero-order valence-corrected chi connectivity index (χ0v) is 14.0. The zero-order valence-electron chi connectivity index (χ0n) is 13.2. The Bertz CT molecular complexity index is 928. The van der Waals surface area contributed by atoms with E-state index in [-0.39, 0.29) is 11.4 Å². The molecule has 9 nitrogen and oxygen atoms in total. The molecule has 0 saturated carbocycles. The van der Waals surface area contributed by atoms with Crippen LogP contribution in [0.1, 0.15) is 5.76 Å². The average molecular weight is 377 g/mol. The summed E-state index contributed by atoms with van der Waals surface area (Å²) in [5.41, 5.74) is -0.561. The molecule has 1 N–H and O–H groups in total. The molecule has 0 bridgehead atoms. The van der Waals surface area contributed by atoms with Crippen LogP contribution in [-0.4, -0.2) is 31.3 Å². The summed E-state index contributed by atoms with van der Waals surface area (Å²) >= 11 is 1.14. The van der Waals surface area contributed by atoms with Crippen LogP contribution in [0.15, 0.2) is 52.5 Å². The van der Waals surface area contributed by atoms with Gasteiger partial charge in [-0.1, -0.05) is 11.8 Å². The number of furan rings is 1. The van der Waals surface area contributed by atoms with Gasteiger partial charge in [-0.05, 0) is 24.3 Å². The van der Waals surface area contributed by atoms with E-state index < -0.39 is 22.3 Å². The summed E-state index contributed by atoms with van der Waals surface area (Å²) in [5.74, 6) is -0.659. The van der Waals surface area contributed by atoms with E-state index in [9.17, 15) is 19.3 Å². The Morgan fingerprint density at radius 1 is 1.42 bits per heavy atom. The number of hydrogen-bond donors (Lipinski definition) is 1. The van der Waals surface area contributed by atoms with Crippen molar-refractivity contribution in [3.63, 3.8) is 0 Å². The Hall–Kier alpha value is -3.21. The van der Waals surface area contributed by atoms with Crippen LogP contribution >= 0.6 is 11.8 Å². The number of aromatic nitrogens is 3. The number of nitrogens with zero attached hydrogens (tertiary/aromatic N) is 4. The van der Waals surface area contributed by atoms with Gasteiger partial charge in [0.1, 0.15) is 12.1 Å². The Kier molecular flexibility index (Phi) is 5.27. The summed E-state index contributed by atoms with van der Waals surface area (Å²) in [4.78, 5) is 21.9. The van der Waals surface area contributed by atoms with E-state index in [1.807, 2.05) is 6.07 Å². The number of rotatable bonds is 7. The van der Waals surface area contributed by atoms with Crippen LogP contribution in [0.4, 0.5) is 15.8 Å². The average Bonchev–Trinajstić information content (AvgIpc) is 3.27. The van der Waals surface area contributed by atoms with Crippen LogP contribution in [0.2, 0.25) is 0 Å². The molecular weight excluding hydrogens is 365 g/mol. The Morgan fingerprint density at radius 2 is 2.27 bits per heavy atom. The first-order valence-corrected chi connectivity index (χ1v) is 8.28. The highest BCUT2D eigenvalue weighted by Crippen LogP contribution is 2.22. The summed E-state index contributed by atoms with van der Waals surface area (Å²) in [6, 6.07) is 6.73. The molecule has 0 aliphatic heterocycles. The Balaban J connectivity index is 1.59. The van der Waals surface area contributed by atoms with Crippen molar-refractivity contribution in [3.05, 3.63) is 64.6 Å². The number of amides is 1. The van der Waals surface area contributed by atoms with Gasteiger partial charge < -0.3 is 14.3 Å². The zero-order chi connectivity index (χ0) is 18.5. The quantitative estimate of drug-likeness (QED) is 0.382. The molecule has 0 unspecified atom stereocenters. The molecule has 0 radical (unpaired) electrons. The fourth-order valence-electron chi connectivity index (χ4n) is 2.09. The minimum atomic E-state index is -0.964. The number of nitrogens with one attached hydrogen (secondary N) is 1. The molecule has 1 amide bonds. The van der Waals surface area contributed by atoms with Gasteiger partial charge in [-0.25, -0.2) is 0 Å². The number of hydrogen-bond acceptors (Lipinski definition) is 7. The summed E-state index contributed by atoms with van der Waals surface area (Å²) in [7, 11) is 0. The van der Waals surface area contributed by atoms with Crippen LogP contribution in [0, 0.1) is 15.9 Å². The minimum Gasteiger partial charge on any atom is -0.467 e. The largest absolute Gasteiger partial charge is 0.467 e. The molecule has 0 aliphatic rings. The number of halogens is 1. The van der Waals surface area contributed by atoms with Gasteiger partial charge in [-0.3, -0.25) is 14.9 Å². The molecule has 1 aromatic carbocycles. The summed E-state index contributed by atoms with van der Waals surface area (Å²) < 4.78 is 20.3. The van der Waals surface area contributed by atoms with Crippen LogP contribution in [0.3, 0.4) is 0 Å². The number of nitro groups is 1. The van der Waals surface area contributed by atoms with Crippen molar-refractivity contribution in [2.45, 2.75) is 11.7 Å². The molecule has 26 heavy (non-hydrogen) atoms. The fourth-order valence-corrected chi connectivity index (χ4v) is 2.81. The van der Waals surface area contributed by atoms with E-state index in [0.717, 1.165) is 29.7 Å². The second-order valence-corrected chi connectivity index (χ2v) is 6.02. The lowest BCUT2D eigenvalue weighted by Crippen LogP contribution is -2.15. The van der Waals surface area contributed by atoms with Gasteiger partial charge in [0.05, 0.1) is 23.5 Å². The van der Waals surface area contributed by atoms with Crippen LogP contribution < -0.4 is 5.32 Å². The monoisotopic (exact) mass is 377 g/mol. The molecule has 0 aliphatic carbocycles. The lowest BCUT2D eigenvalue weighted by Gasteiger charge is -2.06. The van der Waals surface area contributed by atoms with Crippen molar-refractivity contribution < 1.29 is 18.5 Å². The van der Waals surface area contributed by atoms with Gasteiger partial charge in [0.2, 0.25) is 11.7 Å². The third-order valence-corrected chi connectivity index (χ3v) is 4.23. The molecule has 2 aromatic heterocycles.